The van der Waals surface area contributed by atoms with Gasteiger partial charge >= 0.3 is 6.09 Å². The van der Waals surface area contributed by atoms with Crippen LogP contribution in [0.2, 0.25) is 0 Å². The summed E-state index contributed by atoms with van der Waals surface area (Å²) in [7, 11) is 1.20. The lowest BCUT2D eigenvalue weighted by Crippen LogP contribution is -2.40. The van der Waals surface area contributed by atoms with Crippen molar-refractivity contribution in [3.8, 4) is 0 Å². The Hall–Kier alpha value is -0.480. The molecular weight excluding hydrogens is 205 g/mol. The van der Waals surface area contributed by atoms with Crippen molar-refractivity contribution in [1.29, 1.82) is 0 Å². The lowest BCUT2D eigenvalue weighted by molar-refractivity contribution is -0.118. The lowest BCUT2D eigenvalue weighted by Gasteiger charge is -2.11. The van der Waals surface area contributed by atoms with Crippen molar-refractivity contribution in [1.82, 2.24) is 5.32 Å². The number of ether oxygens (including phenoxy) is 1. The molecule has 70 valence electrons. The summed E-state index contributed by atoms with van der Waals surface area (Å²) in [5, 5.41) is 2.23. The Labute approximate surface area is 80.2 Å². The SMILES string of the molecule is COC(=O)NC(C)C(=O)C(Cl)Cl. The van der Waals surface area contributed by atoms with E-state index in [1.54, 1.807) is 0 Å². The molecule has 12 heavy (non-hydrogen) atoms. The van der Waals surface area contributed by atoms with Crippen molar-refractivity contribution in [3.05, 3.63) is 0 Å². The van der Waals surface area contributed by atoms with E-state index in [2.05, 4.69) is 10.1 Å². The van der Waals surface area contributed by atoms with Gasteiger partial charge in [-0.05, 0) is 6.92 Å². The molecule has 1 N–H and O–H groups in total. The number of carbonyl (C=O) groups is 2. The maximum absolute atomic E-state index is 11.0. The molecule has 0 spiro atoms. The minimum Gasteiger partial charge on any atom is -0.453 e. The number of amides is 1. The van der Waals surface area contributed by atoms with Gasteiger partial charge in [-0.1, -0.05) is 23.2 Å². The summed E-state index contributed by atoms with van der Waals surface area (Å²) in [5.41, 5.74) is 0. The molecule has 0 fully saturated rings. The highest BCUT2D eigenvalue weighted by atomic mass is 35.5. The molecule has 0 aliphatic carbocycles. The molecule has 0 aliphatic heterocycles. The lowest BCUT2D eigenvalue weighted by atomic mass is 10.2. The van der Waals surface area contributed by atoms with Crippen LogP contribution in [0.25, 0.3) is 0 Å². The number of methoxy groups -OCH3 is 1. The first-order chi connectivity index (χ1) is 5.49. The number of alkyl carbamates (subject to hydrolysis) is 1. The summed E-state index contributed by atoms with van der Waals surface area (Å²) in [4.78, 5) is 20.4. The first kappa shape index (κ1) is 11.5. The van der Waals surface area contributed by atoms with Crippen LogP contribution in [0.1, 0.15) is 6.92 Å². The maximum Gasteiger partial charge on any atom is 0.407 e. The average Bonchev–Trinajstić information content (AvgIpc) is 2.02. The van der Waals surface area contributed by atoms with E-state index in [9.17, 15) is 9.59 Å². The van der Waals surface area contributed by atoms with Gasteiger partial charge in [0.1, 0.15) is 0 Å². The van der Waals surface area contributed by atoms with Gasteiger partial charge in [0.2, 0.25) is 0 Å². The van der Waals surface area contributed by atoms with Crippen molar-refractivity contribution in [2.24, 2.45) is 0 Å². The van der Waals surface area contributed by atoms with Crippen molar-refractivity contribution in [3.63, 3.8) is 0 Å². The number of halogens is 2. The van der Waals surface area contributed by atoms with E-state index in [1.807, 2.05) is 0 Å². The highest BCUT2D eigenvalue weighted by molar-refractivity contribution is 6.54. The van der Waals surface area contributed by atoms with E-state index >= 15 is 0 Å². The quantitative estimate of drug-likeness (QED) is 0.715. The van der Waals surface area contributed by atoms with Gasteiger partial charge in [0.25, 0.3) is 0 Å². The molecule has 1 unspecified atom stereocenters. The van der Waals surface area contributed by atoms with Crippen molar-refractivity contribution in [2.75, 3.05) is 7.11 Å². The minimum absolute atomic E-state index is 0.469. The molecule has 1 amide bonds. The molecular formula is C6H9Cl2NO3. The van der Waals surface area contributed by atoms with Gasteiger partial charge < -0.3 is 10.1 Å². The van der Waals surface area contributed by atoms with Crippen LogP contribution in [-0.2, 0) is 9.53 Å². The number of hydrogen-bond donors (Lipinski definition) is 1. The fourth-order valence-corrected chi connectivity index (χ4v) is 0.874. The van der Waals surface area contributed by atoms with Crippen molar-refractivity contribution in [2.45, 2.75) is 17.8 Å². The van der Waals surface area contributed by atoms with E-state index in [0.29, 0.717) is 0 Å². The summed E-state index contributed by atoms with van der Waals surface area (Å²) in [5.74, 6) is -0.469. The number of Topliss-reactive ketones (excluding diaryl/α,β-unsaturated/α-hetero) is 1. The number of ketones is 1. The molecule has 0 rings (SSSR count). The third-order valence-corrected chi connectivity index (χ3v) is 1.59. The van der Waals surface area contributed by atoms with Crippen LogP contribution in [0.4, 0.5) is 4.79 Å². The van der Waals surface area contributed by atoms with Crippen LogP contribution >= 0.6 is 23.2 Å². The molecule has 1 atom stereocenters. The zero-order valence-corrected chi connectivity index (χ0v) is 8.15. The van der Waals surface area contributed by atoms with E-state index in [-0.39, 0.29) is 0 Å². The van der Waals surface area contributed by atoms with E-state index in [4.69, 9.17) is 23.2 Å². The predicted octanol–water partition coefficient (Wildman–Crippen LogP) is 1.10. The second-order valence-corrected chi connectivity index (χ2v) is 3.16. The molecule has 0 aromatic heterocycles. The third-order valence-electron chi connectivity index (χ3n) is 1.16. The molecule has 0 saturated carbocycles. The first-order valence-electron chi connectivity index (χ1n) is 3.15. The third kappa shape index (κ3) is 3.78. The van der Waals surface area contributed by atoms with Crippen LogP contribution in [0.3, 0.4) is 0 Å². The summed E-state index contributed by atoms with van der Waals surface area (Å²) in [6, 6.07) is -0.738. The maximum atomic E-state index is 11.0. The average molecular weight is 214 g/mol. The predicted molar refractivity (Wildman–Crippen MR) is 45.5 cm³/mol. The van der Waals surface area contributed by atoms with Gasteiger partial charge in [-0.25, -0.2) is 4.79 Å². The zero-order chi connectivity index (χ0) is 9.72. The fraction of sp³-hybridized carbons (Fsp3) is 0.667. The van der Waals surface area contributed by atoms with Crippen molar-refractivity contribution < 1.29 is 14.3 Å². The molecule has 0 bridgehead atoms. The second-order valence-electron chi connectivity index (χ2n) is 2.06. The van der Waals surface area contributed by atoms with Crippen LogP contribution in [0.15, 0.2) is 0 Å². The van der Waals surface area contributed by atoms with Gasteiger partial charge in [0, 0.05) is 0 Å². The molecule has 0 aromatic rings. The topological polar surface area (TPSA) is 55.4 Å². The fourth-order valence-electron chi connectivity index (χ4n) is 0.496. The molecule has 0 aliphatic rings. The summed E-state index contributed by atoms with van der Waals surface area (Å²) >= 11 is 10.5. The Morgan fingerprint density at radius 2 is 1.92 bits per heavy atom. The number of carbonyl (C=O) groups excluding carboxylic acids is 2. The van der Waals surface area contributed by atoms with Gasteiger partial charge in [0.15, 0.2) is 10.6 Å². The van der Waals surface area contributed by atoms with Crippen LogP contribution < -0.4 is 5.32 Å². The number of rotatable bonds is 3. The summed E-state index contributed by atoms with van der Waals surface area (Å²) < 4.78 is 4.26. The summed E-state index contributed by atoms with van der Waals surface area (Å²) in [6.45, 7) is 1.47. The molecule has 4 nitrogen and oxygen atoms in total. The Kier molecular flexibility index (Phi) is 5.01. The zero-order valence-electron chi connectivity index (χ0n) is 6.64. The van der Waals surface area contributed by atoms with Crippen molar-refractivity contribution >= 4 is 35.1 Å². The monoisotopic (exact) mass is 213 g/mol. The number of alkyl halides is 2. The molecule has 0 radical (unpaired) electrons. The highest BCUT2D eigenvalue weighted by Crippen LogP contribution is 2.05. The largest absolute Gasteiger partial charge is 0.453 e. The van der Waals surface area contributed by atoms with Crippen LogP contribution in [-0.4, -0.2) is 29.9 Å². The van der Waals surface area contributed by atoms with Gasteiger partial charge in [-0.3, -0.25) is 4.79 Å². The van der Waals surface area contributed by atoms with E-state index < -0.39 is 22.8 Å². The molecule has 0 aromatic carbocycles. The number of hydrogen-bond acceptors (Lipinski definition) is 3. The van der Waals surface area contributed by atoms with Gasteiger partial charge in [-0.2, -0.15) is 0 Å². The van der Waals surface area contributed by atoms with Crippen LogP contribution in [0.5, 0.6) is 0 Å². The summed E-state index contributed by atoms with van der Waals surface area (Å²) in [6.07, 6.45) is -0.690. The Balaban J connectivity index is 3.95. The normalized spacial score (nSPS) is 12.4. The van der Waals surface area contributed by atoms with Crippen LogP contribution in [0, 0.1) is 0 Å². The van der Waals surface area contributed by atoms with E-state index in [1.165, 1.54) is 14.0 Å². The second kappa shape index (κ2) is 5.22. The molecule has 0 heterocycles. The molecule has 6 heteroatoms. The number of nitrogens with one attached hydrogen (secondary N) is 1. The van der Waals surface area contributed by atoms with Gasteiger partial charge in [-0.15, -0.1) is 0 Å². The van der Waals surface area contributed by atoms with E-state index in [0.717, 1.165) is 0 Å². The first-order valence-corrected chi connectivity index (χ1v) is 4.02. The Morgan fingerprint density at radius 1 is 1.42 bits per heavy atom. The van der Waals surface area contributed by atoms with Gasteiger partial charge in [0.05, 0.1) is 13.2 Å². The Bertz CT molecular complexity index is 184. The smallest absolute Gasteiger partial charge is 0.407 e. The molecule has 0 saturated heterocycles. The highest BCUT2D eigenvalue weighted by Gasteiger charge is 2.21. The minimum atomic E-state index is -1.13. The Morgan fingerprint density at radius 3 is 2.25 bits per heavy atom. The standard InChI is InChI=1S/C6H9Cl2NO3/c1-3(4(10)5(7)8)9-6(11)12-2/h3,5H,1-2H3,(H,9,11).